The molecule has 1 N–H and O–H groups in total. The topological polar surface area (TPSA) is 32.3 Å². The molecule has 0 spiro atoms. The molecule has 4 heteroatoms. The second-order valence-electron chi connectivity index (χ2n) is 5.28. The number of rotatable bonds is 3. The number of benzene rings is 2. The zero-order valence-electron chi connectivity index (χ0n) is 11.8. The summed E-state index contributed by atoms with van der Waals surface area (Å²) < 4.78 is 13.5. The number of carbonyl (C=O) groups is 1. The molecule has 1 unspecified atom stereocenters. The number of halogens is 1. The first kappa shape index (κ1) is 13.6. The maximum Gasteiger partial charge on any atom is 0.246 e. The largest absolute Gasteiger partial charge is 0.374 e. The molecule has 1 amide bonds. The molecule has 1 aliphatic heterocycles. The smallest absolute Gasteiger partial charge is 0.246 e. The zero-order chi connectivity index (χ0) is 14.8. The van der Waals surface area contributed by atoms with Gasteiger partial charge in [-0.1, -0.05) is 30.3 Å². The maximum atomic E-state index is 13.5. The Kier molecular flexibility index (Phi) is 3.60. The number of nitrogens with zero attached hydrogens (tertiary/aromatic N) is 1. The minimum atomic E-state index is -0.347. The lowest BCUT2D eigenvalue weighted by atomic mass is 10.1. The lowest BCUT2D eigenvalue weighted by Crippen LogP contribution is -2.39. The second kappa shape index (κ2) is 5.56. The Balaban J connectivity index is 1.73. The third kappa shape index (κ3) is 2.61. The monoisotopic (exact) mass is 284 g/mol. The summed E-state index contributed by atoms with van der Waals surface area (Å²) >= 11 is 0. The molecule has 2 aromatic carbocycles. The number of amides is 1. The first-order valence-electron chi connectivity index (χ1n) is 7.05. The van der Waals surface area contributed by atoms with E-state index in [1.807, 2.05) is 31.2 Å². The van der Waals surface area contributed by atoms with Gasteiger partial charge in [0.1, 0.15) is 5.82 Å². The minimum absolute atomic E-state index is 0.0456. The third-order valence-corrected chi connectivity index (χ3v) is 3.78. The van der Waals surface area contributed by atoms with E-state index in [0.29, 0.717) is 5.69 Å². The second-order valence-corrected chi connectivity index (χ2v) is 5.28. The average molecular weight is 284 g/mol. The summed E-state index contributed by atoms with van der Waals surface area (Å²) in [5.74, 6) is -0.393. The summed E-state index contributed by atoms with van der Waals surface area (Å²) in [4.78, 5) is 14.2. The van der Waals surface area contributed by atoms with Crippen molar-refractivity contribution in [3.05, 3.63) is 59.9 Å². The van der Waals surface area contributed by atoms with Crippen LogP contribution in [0.2, 0.25) is 0 Å². The fourth-order valence-corrected chi connectivity index (χ4v) is 2.81. The van der Waals surface area contributed by atoms with Gasteiger partial charge in [-0.3, -0.25) is 4.79 Å². The normalized spacial score (nSPS) is 16.7. The third-order valence-electron chi connectivity index (χ3n) is 3.78. The van der Waals surface area contributed by atoms with Gasteiger partial charge in [0.05, 0.1) is 12.2 Å². The molecule has 1 aliphatic rings. The van der Waals surface area contributed by atoms with E-state index in [1.54, 1.807) is 23.1 Å². The van der Waals surface area contributed by atoms with Crippen LogP contribution in [0.25, 0.3) is 0 Å². The zero-order valence-corrected chi connectivity index (χ0v) is 11.8. The molecule has 0 saturated heterocycles. The van der Waals surface area contributed by atoms with Gasteiger partial charge in [0.2, 0.25) is 5.91 Å². The highest BCUT2D eigenvalue weighted by Gasteiger charge is 2.30. The highest BCUT2D eigenvalue weighted by Crippen LogP contribution is 2.31. The molecule has 21 heavy (non-hydrogen) atoms. The SMILES string of the molecule is CC1Cc2ccccc2N1C(=O)CNc1ccccc1F. The van der Waals surface area contributed by atoms with Gasteiger partial charge in [-0.05, 0) is 37.1 Å². The van der Waals surface area contributed by atoms with Crippen LogP contribution in [0, 0.1) is 5.82 Å². The molecule has 3 rings (SSSR count). The Labute approximate surface area is 123 Å². The van der Waals surface area contributed by atoms with Crippen molar-refractivity contribution < 1.29 is 9.18 Å². The van der Waals surface area contributed by atoms with E-state index in [0.717, 1.165) is 12.1 Å². The van der Waals surface area contributed by atoms with Crippen molar-refractivity contribution in [2.24, 2.45) is 0 Å². The van der Waals surface area contributed by atoms with E-state index in [1.165, 1.54) is 11.6 Å². The lowest BCUT2D eigenvalue weighted by molar-refractivity contribution is -0.117. The fourth-order valence-electron chi connectivity index (χ4n) is 2.81. The van der Waals surface area contributed by atoms with Crippen molar-refractivity contribution in [3.8, 4) is 0 Å². The molecule has 0 saturated carbocycles. The molecular formula is C17H17FN2O. The van der Waals surface area contributed by atoms with Gasteiger partial charge < -0.3 is 10.2 Å². The number of fused-ring (bicyclic) bond motifs is 1. The van der Waals surface area contributed by atoms with E-state index >= 15 is 0 Å². The van der Waals surface area contributed by atoms with Gasteiger partial charge in [0, 0.05) is 11.7 Å². The molecule has 1 atom stereocenters. The van der Waals surface area contributed by atoms with E-state index in [4.69, 9.17) is 0 Å². The molecule has 1 heterocycles. The van der Waals surface area contributed by atoms with Crippen LogP contribution < -0.4 is 10.2 Å². The van der Waals surface area contributed by atoms with Crippen LogP contribution in [0.5, 0.6) is 0 Å². The Morgan fingerprint density at radius 3 is 2.76 bits per heavy atom. The summed E-state index contributed by atoms with van der Waals surface area (Å²) in [6.45, 7) is 2.11. The standard InChI is InChI=1S/C17H17FN2O/c1-12-10-13-6-2-5-9-16(13)20(12)17(21)11-19-15-8-4-3-7-14(15)18/h2-9,12,19H,10-11H2,1H3. The summed E-state index contributed by atoms with van der Waals surface area (Å²) in [7, 11) is 0. The van der Waals surface area contributed by atoms with Crippen LogP contribution >= 0.6 is 0 Å². The lowest BCUT2D eigenvalue weighted by Gasteiger charge is -2.23. The molecule has 0 bridgehead atoms. The minimum Gasteiger partial charge on any atom is -0.374 e. The molecule has 0 fully saturated rings. The van der Waals surface area contributed by atoms with Gasteiger partial charge in [-0.2, -0.15) is 0 Å². The summed E-state index contributed by atoms with van der Waals surface area (Å²) in [5.41, 5.74) is 2.50. The molecule has 108 valence electrons. The highest BCUT2D eigenvalue weighted by atomic mass is 19.1. The van der Waals surface area contributed by atoms with Gasteiger partial charge in [-0.25, -0.2) is 4.39 Å². The molecular weight excluding hydrogens is 267 g/mol. The Hall–Kier alpha value is -2.36. The number of hydrogen-bond donors (Lipinski definition) is 1. The van der Waals surface area contributed by atoms with Crippen LogP contribution in [0.4, 0.5) is 15.8 Å². The first-order valence-corrected chi connectivity index (χ1v) is 7.05. The quantitative estimate of drug-likeness (QED) is 0.938. The van der Waals surface area contributed by atoms with Gasteiger partial charge in [-0.15, -0.1) is 0 Å². The van der Waals surface area contributed by atoms with Crippen LogP contribution in [-0.2, 0) is 11.2 Å². The summed E-state index contributed by atoms with van der Waals surface area (Å²) in [5, 5.41) is 2.87. The van der Waals surface area contributed by atoms with Gasteiger partial charge >= 0.3 is 0 Å². The molecule has 3 nitrogen and oxygen atoms in total. The van der Waals surface area contributed by atoms with Crippen molar-refractivity contribution in [2.75, 3.05) is 16.8 Å². The molecule has 2 aromatic rings. The number of para-hydroxylation sites is 2. The van der Waals surface area contributed by atoms with Crippen molar-refractivity contribution in [1.82, 2.24) is 0 Å². The van der Waals surface area contributed by atoms with Crippen LogP contribution in [0.15, 0.2) is 48.5 Å². The fraction of sp³-hybridized carbons (Fsp3) is 0.235. The van der Waals surface area contributed by atoms with E-state index in [2.05, 4.69) is 5.32 Å². The Morgan fingerprint density at radius 2 is 1.95 bits per heavy atom. The molecule has 0 aliphatic carbocycles. The van der Waals surface area contributed by atoms with E-state index in [-0.39, 0.29) is 24.3 Å². The van der Waals surface area contributed by atoms with E-state index < -0.39 is 0 Å². The Bertz CT molecular complexity index is 671. The maximum absolute atomic E-state index is 13.5. The van der Waals surface area contributed by atoms with Gasteiger partial charge in [0.25, 0.3) is 0 Å². The number of carbonyl (C=O) groups excluding carboxylic acids is 1. The highest BCUT2D eigenvalue weighted by molar-refractivity contribution is 5.98. The molecule has 0 radical (unpaired) electrons. The van der Waals surface area contributed by atoms with Crippen molar-refractivity contribution in [2.45, 2.75) is 19.4 Å². The van der Waals surface area contributed by atoms with Crippen LogP contribution in [-0.4, -0.2) is 18.5 Å². The molecule has 0 aromatic heterocycles. The predicted molar refractivity (Wildman–Crippen MR) is 82.0 cm³/mol. The summed E-state index contributed by atoms with van der Waals surface area (Å²) in [6, 6.07) is 14.4. The number of nitrogens with one attached hydrogen (secondary N) is 1. The van der Waals surface area contributed by atoms with Crippen molar-refractivity contribution >= 4 is 17.3 Å². The Morgan fingerprint density at radius 1 is 1.24 bits per heavy atom. The van der Waals surface area contributed by atoms with Crippen LogP contribution in [0.3, 0.4) is 0 Å². The number of anilines is 2. The number of hydrogen-bond acceptors (Lipinski definition) is 2. The van der Waals surface area contributed by atoms with Crippen molar-refractivity contribution in [3.63, 3.8) is 0 Å². The van der Waals surface area contributed by atoms with Crippen molar-refractivity contribution in [1.29, 1.82) is 0 Å². The first-order chi connectivity index (χ1) is 10.2. The average Bonchev–Trinajstić information content (AvgIpc) is 2.82. The van der Waals surface area contributed by atoms with Gasteiger partial charge in [0.15, 0.2) is 0 Å². The predicted octanol–water partition coefficient (Wildman–Crippen LogP) is 3.22. The summed E-state index contributed by atoms with van der Waals surface area (Å²) in [6.07, 6.45) is 0.863. The van der Waals surface area contributed by atoms with E-state index in [9.17, 15) is 9.18 Å². The van der Waals surface area contributed by atoms with Crippen LogP contribution in [0.1, 0.15) is 12.5 Å².